The van der Waals surface area contributed by atoms with E-state index in [0.717, 1.165) is 39.5 Å². The van der Waals surface area contributed by atoms with Gasteiger partial charge in [0.1, 0.15) is 0 Å². The molecular formula is I2O3Zn. The molecule has 6 heavy (non-hydrogen) atoms. The summed E-state index contributed by atoms with van der Waals surface area (Å²) in [6.07, 6.45) is -5.64. The molecule has 6 heteroatoms. The molecule has 0 aromatic carbocycles. The van der Waals surface area contributed by atoms with Gasteiger partial charge >= 0.3 is 56.6 Å². The Labute approximate surface area is 55.8 Å². The standard InChI is InChI=1S/2HI.3O.Zn/h2*1H;;;;/q;;;;;+2/p-2. The SMILES string of the molecule is [O]=[Zn](=[O])(=[O])([I])[I]. The Morgan fingerprint density at radius 2 is 1.00 bits per heavy atom. The van der Waals surface area contributed by atoms with Crippen molar-refractivity contribution in [3.05, 3.63) is 0 Å². The Bertz CT molecular complexity index is 187. The molecule has 0 fully saturated rings. The topological polar surface area (TPSA) is 51.2 Å². The molecular weight excluding hydrogens is 367 g/mol. The molecule has 34 valence electrons. The average molecular weight is 367 g/mol. The van der Waals surface area contributed by atoms with Crippen LogP contribution in [0.5, 0.6) is 0 Å². The van der Waals surface area contributed by atoms with E-state index in [9.17, 15) is 10.7 Å². The summed E-state index contributed by atoms with van der Waals surface area (Å²) >= 11 is 1.90. The number of halogens is 2. The zero-order valence-electron chi connectivity index (χ0n) is 2.69. The maximum absolute atomic E-state index is 9.76. The van der Waals surface area contributed by atoms with Crippen molar-refractivity contribution < 1.29 is 17.1 Å². The van der Waals surface area contributed by atoms with Crippen LogP contribution >= 0.6 is 39.5 Å². The molecule has 0 aromatic heterocycles. The monoisotopic (exact) mass is 366 g/mol. The first-order valence-electron chi connectivity index (χ1n) is 1.40. The summed E-state index contributed by atoms with van der Waals surface area (Å²) in [5, 5.41) is 0. The molecule has 0 N–H and O–H groups in total. The Morgan fingerprint density at radius 3 is 1.00 bits per heavy atom. The van der Waals surface area contributed by atoms with Gasteiger partial charge in [0.2, 0.25) is 0 Å². The van der Waals surface area contributed by atoms with Gasteiger partial charge in [-0.15, -0.1) is 0 Å². The second-order valence-corrected chi connectivity index (χ2v) is 48.3. The van der Waals surface area contributed by atoms with Crippen LogP contribution in [0.25, 0.3) is 0 Å². The van der Waals surface area contributed by atoms with Crippen LogP contribution in [0.4, 0.5) is 0 Å². The fraction of sp³-hybridized carbons (Fsp3) is 0. The molecule has 0 amide bonds. The fourth-order valence-electron chi connectivity index (χ4n) is 0. The molecule has 0 aliphatic rings. The normalized spacial score (nSPS) is 6.17. The van der Waals surface area contributed by atoms with Gasteiger partial charge in [-0.05, 0) is 0 Å². The molecule has 0 atom stereocenters. The zero-order chi connectivity index (χ0) is 5.45. The molecule has 0 saturated carbocycles. The third-order valence-corrected chi connectivity index (χ3v) is 0. The Kier molecular flexibility index (Phi) is 1.84. The van der Waals surface area contributed by atoms with Gasteiger partial charge in [-0.3, -0.25) is 0 Å². The van der Waals surface area contributed by atoms with Crippen molar-refractivity contribution in [2.45, 2.75) is 0 Å². The molecule has 3 nitrogen and oxygen atoms in total. The van der Waals surface area contributed by atoms with Crippen LogP contribution in [0.1, 0.15) is 0 Å². The minimum absolute atomic E-state index is 0.948. The number of hydrogen-bond donors (Lipinski definition) is 0. The third kappa shape index (κ3) is 50.1. The Hall–Kier alpha value is 1.48. The first-order chi connectivity index (χ1) is 2.24. The molecule has 0 bridgehead atoms. The molecule has 0 radical (unpaired) electrons. The van der Waals surface area contributed by atoms with Gasteiger partial charge in [0.25, 0.3) is 0 Å². The van der Waals surface area contributed by atoms with Crippen LogP contribution in [0.2, 0.25) is 0 Å². The maximum atomic E-state index is 9.76. The van der Waals surface area contributed by atoms with Crippen LogP contribution in [0, 0.1) is 0 Å². The second-order valence-electron chi connectivity index (χ2n) is 1.11. The van der Waals surface area contributed by atoms with Crippen molar-refractivity contribution in [3.63, 3.8) is 0 Å². The van der Waals surface area contributed by atoms with E-state index < -0.39 is 6.42 Å². The molecule has 0 heterocycles. The van der Waals surface area contributed by atoms with E-state index in [1.165, 1.54) is 0 Å². The minimum atomic E-state index is -5.64. The van der Waals surface area contributed by atoms with E-state index >= 15 is 0 Å². The zero-order valence-corrected chi connectivity index (χ0v) is 9.97. The molecule has 0 saturated heterocycles. The molecule has 0 spiro atoms. The summed E-state index contributed by atoms with van der Waals surface area (Å²) < 4.78 is 29.3. The van der Waals surface area contributed by atoms with E-state index in [-0.39, 0.29) is 0 Å². The summed E-state index contributed by atoms with van der Waals surface area (Å²) in [4.78, 5) is 0. The predicted molar refractivity (Wildman–Crippen MR) is 30.1 cm³/mol. The molecule has 0 aliphatic heterocycles. The van der Waals surface area contributed by atoms with Crippen LogP contribution in [0.15, 0.2) is 0 Å². The Balaban J connectivity index is 5.37. The van der Waals surface area contributed by atoms with Gasteiger partial charge < -0.3 is 0 Å². The van der Waals surface area contributed by atoms with Crippen molar-refractivity contribution in [2.24, 2.45) is 0 Å². The first-order valence-corrected chi connectivity index (χ1v) is 23.1. The summed E-state index contributed by atoms with van der Waals surface area (Å²) in [5.41, 5.74) is 0. The summed E-state index contributed by atoms with van der Waals surface area (Å²) in [6, 6.07) is 0. The molecule has 0 unspecified atom stereocenters. The van der Waals surface area contributed by atoms with E-state index in [0.29, 0.717) is 0 Å². The van der Waals surface area contributed by atoms with E-state index in [4.69, 9.17) is 0 Å². The van der Waals surface area contributed by atoms with Crippen LogP contribution < -0.4 is 0 Å². The van der Waals surface area contributed by atoms with Gasteiger partial charge in [-0.25, -0.2) is 0 Å². The fourth-order valence-corrected chi connectivity index (χ4v) is 0. The van der Waals surface area contributed by atoms with E-state index in [1.807, 2.05) is 0 Å². The van der Waals surface area contributed by atoms with Crippen LogP contribution in [-0.4, -0.2) is 0 Å². The number of hydrogen-bond acceptors (Lipinski definition) is 3. The van der Waals surface area contributed by atoms with E-state index in [2.05, 4.69) is 0 Å². The van der Waals surface area contributed by atoms with Gasteiger partial charge in [0.05, 0.1) is 0 Å². The van der Waals surface area contributed by atoms with Crippen LogP contribution in [-0.2, 0) is 17.1 Å². The summed E-state index contributed by atoms with van der Waals surface area (Å²) in [5.74, 6) is 0. The van der Waals surface area contributed by atoms with Gasteiger partial charge in [-0.1, -0.05) is 0 Å². The second kappa shape index (κ2) is 1.48. The quantitative estimate of drug-likeness (QED) is 0.481. The van der Waals surface area contributed by atoms with Crippen molar-refractivity contribution in [3.8, 4) is 0 Å². The van der Waals surface area contributed by atoms with Gasteiger partial charge in [0.15, 0.2) is 0 Å². The van der Waals surface area contributed by atoms with Crippen molar-refractivity contribution >= 4 is 39.5 Å². The Morgan fingerprint density at radius 1 is 1.00 bits per heavy atom. The first kappa shape index (κ1) is 7.48. The third-order valence-electron chi connectivity index (χ3n) is 0. The van der Waals surface area contributed by atoms with Gasteiger partial charge in [-0.2, -0.15) is 0 Å². The summed E-state index contributed by atoms with van der Waals surface area (Å²) in [7, 11) is 0. The van der Waals surface area contributed by atoms with E-state index in [1.54, 1.807) is 0 Å². The number of rotatable bonds is 0. The molecule has 0 aliphatic carbocycles. The van der Waals surface area contributed by atoms with Crippen molar-refractivity contribution in [1.29, 1.82) is 0 Å². The summed E-state index contributed by atoms with van der Waals surface area (Å²) in [6.45, 7) is 0. The van der Waals surface area contributed by atoms with Gasteiger partial charge in [0, 0.05) is 0 Å². The predicted octanol–water partition coefficient (Wildman–Crippen LogP) is 1.41. The average Bonchev–Trinajstić information content (AvgIpc) is 0.650. The van der Waals surface area contributed by atoms with Crippen LogP contribution in [0.3, 0.4) is 0 Å². The van der Waals surface area contributed by atoms with Crippen molar-refractivity contribution in [2.75, 3.05) is 0 Å². The molecule has 0 aromatic rings. The molecule has 0 rings (SSSR count). The van der Waals surface area contributed by atoms with Crippen molar-refractivity contribution in [1.82, 2.24) is 0 Å².